The van der Waals surface area contributed by atoms with Gasteiger partial charge in [-0.2, -0.15) is 5.10 Å². The topological polar surface area (TPSA) is 47.8 Å². The first-order valence-electron chi connectivity index (χ1n) is 7.27. The van der Waals surface area contributed by atoms with Crippen molar-refractivity contribution >= 4 is 29.1 Å². The van der Waals surface area contributed by atoms with E-state index < -0.39 is 0 Å². The molecule has 0 spiro atoms. The maximum Gasteiger partial charge on any atom is 0.281 e. The maximum absolute atomic E-state index is 12.8. The molecule has 0 aliphatic heterocycles. The lowest BCUT2D eigenvalue weighted by Gasteiger charge is -2.10. The Kier molecular flexibility index (Phi) is 2.80. The molecule has 114 valence electrons. The highest BCUT2D eigenvalue weighted by molar-refractivity contribution is 6.34. The van der Waals surface area contributed by atoms with Crippen LogP contribution < -0.4 is 0 Å². The summed E-state index contributed by atoms with van der Waals surface area (Å²) in [6, 6.07) is 3.17. The number of nitrogens with zero attached hydrogens (tertiary/aromatic N) is 3. The standard InChI is InChI=1S/C16H15Cl2N3O/c1-7-12-10(6-9-13(12)16(9,2)3)21(20-7)15(22)8-4-5-11(17)19-14(8)18/h4-5,9,13H,6H2,1-3H3/t9-,13+/m0/s1. The van der Waals surface area contributed by atoms with Crippen molar-refractivity contribution in [3.8, 4) is 0 Å². The fourth-order valence-corrected chi connectivity index (χ4v) is 4.37. The van der Waals surface area contributed by atoms with E-state index in [4.69, 9.17) is 23.2 Å². The number of hydrogen-bond donors (Lipinski definition) is 0. The number of rotatable bonds is 1. The number of fused-ring (bicyclic) bond motifs is 3. The summed E-state index contributed by atoms with van der Waals surface area (Å²) in [6.07, 6.45) is 0.901. The van der Waals surface area contributed by atoms with Gasteiger partial charge in [0.15, 0.2) is 0 Å². The summed E-state index contributed by atoms with van der Waals surface area (Å²) in [7, 11) is 0. The molecule has 2 aliphatic rings. The highest BCUT2D eigenvalue weighted by Gasteiger charge is 2.64. The van der Waals surface area contributed by atoms with E-state index in [0.717, 1.165) is 17.8 Å². The number of carbonyl (C=O) groups is 1. The molecule has 0 bridgehead atoms. The Morgan fingerprint density at radius 1 is 1.36 bits per heavy atom. The van der Waals surface area contributed by atoms with Crippen molar-refractivity contribution in [3.63, 3.8) is 0 Å². The first-order valence-corrected chi connectivity index (χ1v) is 8.03. The predicted octanol–water partition coefficient (Wildman–Crippen LogP) is 3.88. The van der Waals surface area contributed by atoms with Gasteiger partial charge in [0.05, 0.1) is 17.0 Å². The summed E-state index contributed by atoms with van der Waals surface area (Å²) in [4.78, 5) is 16.7. The molecular weight excluding hydrogens is 321 g/mol. The first kappa shape index (κ1) is 14.2. The second-order valence-electron chi connectivity index (χ2n) is 6.74. The molecule has 2 aliphatic carbocycles. The fraction of sp³-hybridized carbons (Fsp3) is 0.438. The van der Waals surface area contributed by atoms with Crippen molar-refractivity contribution in [2.24, 2.45) is 11.3 Å². The molecule has 0 aromatic carbocycles. The second-order valence-corrected chi connectivity index (χ2v) is 7.49. The van der Waals surface area contributed by atoms with E-state index in [9.17, 15) is 4.79 Å². The highest BCUT2D eigenvalue weighted by atomic mass is 35.5. The van der Waals surface area contributed by atoms with Gasteiger partial charge in [0.1, 0.15) is 10.3 Å². The van der Waals surface area contributed by atoms with Crippen LogP contribution in [0.2, 0.25) is 10.3 Å². The van der Waals surface area contributed by atoms with Crippen LogP contribution in [-0.4, -0.2) is 20.7 Å². The van der Waals surface area contributed by atoms with Crippen molar-refractivity contribution in [1.82, 2.24) is 14.8 Å². The largest absolute Gasteiger partial charge is 0.281 e. The van der Waals surface area contributed by atoms with E-state index in [-0.39, 0.29) is 16.2 Å². The Morgan fingerprint density at radius 2 is 2.09 bits per heavy atom. The summed E-state index contributed by atoms with van der Waals surface area (Å²) >= 11 is 11.8. The third-order valence-corrected chi connectivity index (χ3v) is 5.72. The van der Waals surface area contributed by atoms with Crippen LogP contribution in [-0.2, 0) is 6.42 Å². The van der Waals surface area contributed by atoms with Gasteiger partial charge in [0, 0.05) is 5.56 Å². The monoisotopic (exact) mass is 335 g/mol. The fourth-order valence-electron chi connectivity index (χ4n) is 3.95. The van der Waals surface area contributed by atoms with Gasteiger partial charge in [-0.05, 0) is 42.7 Å². The molecule has 4 nitrogen and oxygen atoms in total. The molecule has 6 heteroatoms. The van der Waals surface area contributed by atoms with Crippen LogP contribution in [0.1, 0.15) is 47.1 Å². The van der Waals surface area contributed by atoms with Crippen LogP contribution in [0, 0.1) is 18.3 Å². The number of hydrogen-bond acceptors (Lipinski definition) is 3. The SMILES string of the molecule is Cc1nn(C(=O)c2ccc(Cl)nc2Cl)c2c1[C@H]1[C@H](C2)C1(C)C. The molecule has 0 radical (unpaired) electrons. The zero-order chi connectivity index (χ0) is 15.8. The number of carbonyl (C=O) groups excluding carboxylic acids is 1. The molecule has 22 heavy (non-hydrogen) atoms. The van der Waals surface area contributed by atoms with Crippen molar-refractivity contribution in [3.05, 3.63) is 45.0 Å². The van der Waals surface area contributed by atoms with Crippen molar-refractivity contribution in [2.75, 3.05) is 0 Å². The van der Waals surface area contributed by atoms with Gasteiger partial charge in [-0.25, -0.2) is 9.67 Å². The Balaban J connectivity index is 1.78. The van der Waals surface area contributed by atoms with Crippen LogP contribution in [0.3, 0.4) is 0 Å². The molecular formula is C16H15Cl2N3O. The zero-order valence-electron chi connectivity index (χ0n) is 12.5. The Morgan fingerprint density at radius 3 is 2.77 bits per heavy atom. The average Bonchev–Trinajstić information content (AvgIpc) is 2.81. The third kappa shape index (κ3) is 1.74. The molecule has 2 aromatic heterocycles. The van der Waals surface area contributed by atoms with Gasteiger partial charge in [0.2, 0.25) is 0 Å². The summed E-state index contributed by atoms with van der Waals surface area (Å²) in [5.41, 5.74) is 3.88. The van der Waals surface area contributed by atoms with E-state index in [1.165, 1.54) is 10.2 Å². The molecule has 0 amide bonds. The zero-order valence-corrected chi connectivity index (χ0v) is 14.0. The third-order valence-electron chi connectivity index (χ3n) is 5.22. The van der Waals surface area contributed by atoms with E-state index in [2.05, 4.69) is 23.9 Å². The minimum atomic E-state index is -0.238. The van der Waals surface area contributed by atoms with Gasteiger partial charge >= 0.3 is 0 Å². The minimum Gasteiger partial charge on any atom is -0.267 e. The molecule has 2 aromatic rings. The molecule has 0 saturated heterocycles. The van der Waals surface area contributed by atoms with Crippen LogP contribution in [0.15, 0.2) is 12.1 Å². The lowest BCUT2D eigenvalue weighted by Crippen LogP contribution is -2.18. The minimum absolute atomic E-state index is 0.114. The second kappa shape index (κ2) is 4.33. The average molecular weight is 336 g/mol. The summed E-state index contributed by atoms with van der Waals surface area (Å²) < 4.78 is 1.50. The molecule has 1 fully saturated rings. The van der Waals surface area contributed by atoms with E-state index in [1.54, 1.807) is 12.1 Å². The number of pyridine rings is 1. The summed E-state index contributed by atoms with van der Waals surface area (Å²) in [5.74, 6) is 0.914. The lowest BCUT2D eigenvalue weighted by molar-refractivity contribution is 0.0940. The van der Waals surface area contributed by atoms with Crippen LogP contribution in [0.4, 0.5) is 0 Å². The molecule has 2 atom stereocenters. The quantitative estimate of drug-likeness (QED) is 0.743. The number of halogens is 2. The van der Waals surface area contributed by atoms with Gasteiger partial charge < -0.3 is 0 Å². The molecule has 2 heterocycles. The number of aromatic nitrogens is 3. The Bertz CT molecular complexity index is 825. The molecule has 0 unspecified atom stereocenters. The summed E-state index contributed by atoms with van der Waals surface area (Å²) in [6.45, 7) is 6.54. The van der Waals surface area contributed by atoms with E-state index in [0.29, 0.717) is 22.8 Å². The van der Waals surface area contributed by atoms with E-state index >= 15 is 0 Å². The number of aryl methyl sites for hydroxylation is 1. The van der Waals surface area contributed by atoms with Crippen molar-refractivity contribution < 1.29 is 4.79 Å². The maximum atomic E-state index is 12.8. The molecule has 4 rings (SSSR count). The van der Waals surface area contributed by atoms with Crippen molar-refractivity contribution in [1.29, 1.82) is 0 Å². The van der Waals surface area contributed by atoms with Gasteiger partial charge in [0.25, 0.3) is 5.91 Å². The Labute approximate surface area is 138 Å². The van der Waals surface area contributed by atoms with Gasteiger partial charge in [-0.3, -0.25) is 4.79 Å². The van der Waals surface area contributed by atoms with Crippen LogP contribution in [0.25, 0.3) is 0 Å². The lowest BCUT2D eigenvalue weighted by atomic mass is 9.98. The predicted molar refractivity (Wildman–Crippen MR) is 84.7 cm³/mol. The van der Waals surface area contributed by atoms with Crippen LogP contribution >= 0.6 is 23.2 Å². The molecule has 0 N–H and O–H groups in total. The smallest absolute Gasteiger partial charge is 0.267 e. The van der Waals surface area contributed by atoms with Gasteiger partial charge in [-0.1, -0.05) is 37.0 Å². The Hall–Kier alpha value is -1.39. The van der Waals surface area contributed by atoms with E-state index in [1.807, 2.05) is 6.92 Å². The first-order chi connectivity index (χ1) is 10.3. The molecule has 1 saturated carbocycles. The summed E-state index contributed by atoms with van der Waals surface area (Å²) in [5, 5.41) is 4.85. The van der Waals surface area contributed by atoms with Crippen LogP contribution in [0.5, 0.6) is 0 Å². The van der Waals surface area contributed by atoms with Crippen molar-refractivity contribution in [2.45, 2.75) is 33.1 Å². The normalized spacial score (nSPS) is 24.0. The highest BCUT2D eigenvalue weighted by Crippen LogP contribution is 2.70. The van der Waals surface area contributed by atoms with Gasteiger partial charge in [-0.15, -0.1) is 0 Å².